The Balaban J connectivity index is 1.43. The fraction of sp³-hybridized carbons (Fsp3) is 0.0526. The van der Waals surface area contributed by atoms with Crippen LogP contribution in [0.25, 0.3) is 22.1 Å². The number of rotatable bonds is 6. The van der Waals surface area contributed by atoms with Gasteiger partial charge >= 0.3 is 0 Å². The highest BCUT2D eigenvalue weighted by atomic mass is 15.9. The van der Waals surface area contributed by atoms with E-state index >= 15 is 0 Å². The molecule has 0 radical (unpaired) electrons. The fourth-order valence-corrected chi connectivity index (χ4v) is 6.54. The third-order valence-corrected chi connectivity index (χ3v) is 8.61. The average molecular weight is 627 g/mol. The van der Waals surface area contributed by atoms with Gasteiger partial charge in [0, 0.05) is 0 Å². The van der Waals surface area contributed by atoms with Crippen molar-refractivity contribution in [2.75, 3.05) is 20.0 Å². The van der Waals surface area contributed by atoms with Crippen LogP contribution >= 0.6 is 0 Å². The van der Waals surface area contributed by atoms with E-state index < -0.39 is 12.6 Å². The minimum absolute atomic E-state index is 0.575. The highest BCUT2D eigenvalue weighted by molar-refractivity contribution is 5.78. The summed E-state index contributed by atoms with van der Waals surface area (Å²) >= 11 is 0. The van der Waals surface area contributed by atoms with E-state index in [1.165, 1.54) is 0 Å². The Hall–Kier alpha value is -6.68. The highest BCUT2D eigenvalue weighted by Gasteiger charge is 2.50. The molecular weight excluding hydrogens is 596 g/mol. The van der Waals surface area contributed by atoms with E-state index in [1.807, 2.05) is 70.0 Å². The van der Waals surface area contributed by atoms with Crippen LogP contribution in [0.5, 0.6) is 0 Å². The Morgan fingerprint density at radius 2 is 0.583 bits per heavy atom. The van der Waals surface area contributed by atoms with Crippen LogP contribution < -0.4 is 20.0 Å². The van der Waals surface area contributed by atoms with E-state index in [2.05, 4.69) is 139 Å². The lowest BCUT2D eigenvalue weighted by atomic mass is 10.2. The number of hydrazine groups is 2. The number of nitrogens with zero attached hydrogens (tertiary/aromatic N) is 10. The van der Waals surface area contributed by atoms with E-state index in [9.17, 15) is 0 Å². The minimum Gasteiger partial charge on any atom is -0.237 e. The molecule has 6 aromatic carbocycles. The fourth-order valence-electron chi connectivity index (χ4n) is 6.54. The lowest BCUT2D eigenvalue weighted by Crippen LogP contribution is -2.70. The number of hydrogen-bond donors (Lipinski definition) is 0. The quantitative estimate of drug-likeness (QED) is 0.186. The Labute approximate surface area is 276 Å². The first-order chi connectivity index (χ1) is 23.9. The molecule has 0 atom stereocenters. The van der Waals surface area contributed by atoms with Crippen LogP contribution in [0.3, 0.4) is 0 Å². The zero-order chi connectivity index (χ0) is 31.9. The van der Waals surface area contributed by atoms with Crippen LogP contribution in [0, 0.1) is 0 Å². The smallest absolute Gasteiger partial charge is 0.237 e. The second-order valence-corrected chi connectivity index (χ2v) is 11.5. The van der Waals surface area contributed by atoms with Gasteiger partial charge in [-0.3, -0.25) is 0 Å². The molecule has 1 aliphatic heterocycles. The van der Waals surface area contributed by atoms with Crippen molar-refractivity contribution in [3.8, 4) is 0 Å². The molecule has 10 heteroatoms. The van der Waals surface area contributed by atoms with E-state index in [0.717, 1.165) is 44.8 Å². The summed E-state index contributed by atoms with van der Waals surface area (Å²) in [7, 11) is 0. The van der Waals surface area contributed by atoms with Gasteiger partial charge in [-0.1, -0.05) is 107 Å². The molecule has 8 aromatic rings. The normalized spacial score (nSPS) is 16.6. The molecule has 0 N–H and O–H groups in total. The zero-order valence-electron chi connectivity index (χ0n) is 25.8. The number of fused-ring (bicyclic) bond motifs is 2. The maximum atomic E-state index is 4.86. The molecule has 10 nitrogen and oxygen atoms in total. The molecule has 1 aliphatic rings. The van der Waals surface area contributed by atoms with Crippen molar-refractivity contribution in [2.45, 2.75) is 12.6 Å². The summed E-state index contributed by atoms with van der Waals surface area (Å²) in [5, 5.41) is 28.1. The highest BCUT2D eigenvalue weighted by Crippen LogP contribution is 2.47. The molecule has 0 aliphatic carbocycles. The average Bonchev–Trinajstić information content (AvgIpc) is 3.80. The summed E-state index contributed by atoms with van der Waals surface area (Å²) < 4.78 is 3.99. The summed E-state index contributed by atoms with van der Waals surface area (Å²) in [6.07, 6.45) is -1.15. The first kappa shape index (κ1) is 27.6. The lowest BCUT2D eigenvalue weighted by molar-refractivity contribution is 0.260. The molecule has 232 valence electrons. The predicted molar refractivity (Wildman–Crippen MR) is 189 cm³/mol. The first-order valence-corrected chi connectivity index (χ1v) is 15.8. The van der Waals surface area contributed by atoms with Crippen LogP contribution in [-0.2, 0) is 0 Å². The molecule has 0 spiro atoms. The SMILES string of the molecule is c1ccc(N2C(n3nnc4ccccc43)N(c3ccccc3)N(c3ccccc3)C(n3nnc4ccccc43)N2c2ccccc2)cc1. The summed E-state index contributed by atoms with van der Waals surface area (Å²) in [6.45, 7) is 0. The number of aromatic nitrogens is 6. The van der Waals surface area contributed by atoms with Crippen molar-refractivity contribution in [3.05, 3.63) is 170 Å². The molecule has 1 fully saturated rings. The zero-order valence-corrected chi connectivity index (χ0v) is 25.8. The molecule has 0 bridgehead atoms. The predicted octanol–water partition coefficient (Wildman–Crippen LogP) is 7.66. The van der Waals surface area contributed by atoms with Crippen LogP contribution in [-0.4, -0.2) is 30.0 Å². The van der Waals surface area contributed by atoms with Crippen molar-refractivity contribution in [3.63, 3.8) is 0 Å². The maximum absolute atomic E-state index is 4.86. The minimum atomic E-state index is -0.575. The Morgan fingerprint density at radius 3 is 0.896 bits per heavy atom. The number of para-hydroxylation sites is 6. The molecule has 2 aromatic heterocycles. The van der Waals surface area contributed by atoms with Gasteiger partial charge in [0.15, 0.2) is 0 Å². The topological polar surface area (TPSA) is 74.4 Å². The van der Waals surface area contributed by atoms with E-state index in [-0.39, 0.29) is 0 Å². The van der Waals surface area contributed by atoms with Gasteiger partial charge in [-0.25, -0.2) is 20.0 Å². The Morgan fingerprint density at radius 1 is 0.312 bits per heavy atom. The molecule has 9 rings (SSSR count). The molecular formula is C38H30N10. The first-order valence-electron chi connectivity index (χ1n) is 15.8. The number of anilines is 4. The van der Waals surface area contributed by atoms with Gasteiger partial charge in [0.2, 0.25) is 12.6 Å². The van der Waals surface area contributed by atoms with Crippen molar-refractivity contribution >= 4 is 44.8 Å². The van der Waals surface area contributed by atoms with Crippen molar-refractivity contribution in [1.29, 1.82) is 0 Å². The number of benzene rings is 6. The van der Waals surface area contributed by atoms with E-state index in [0.29, 0.717) is 0 Å². The molecule has 3 heterocycles. The largest absolute Gasteiger partial charge is 0.238 e. The van der Waals surface area contributed by atoms with Crippen molar-refractivity contribution in [1.82, 2.24) is 30.0 Å². The molecule has 0 saturated carbocycles. The number of hydrogen-bond acceptors (Lipinski definition) is 8. The van der Waals surface area contributed by atoms with Gasteiger partial charge in [0.25, 0.3) is 0 Å². The van der Waals surface area contributed by atoms with E-state index in [4.69, 9.17) is 10.4 Å². The molecule has 48 heavy (non-hydrogen) atoms. The van der Waals surface area contributed by atoms with Crippen LogP contribution in [0.4, 0.5) is 22.7 Å². The van der Waals surface area contributed by atoms with Crippen LogP contribution in [0.2, 0.25) is 0 Å². The Bertz CT molecular complexity index is 2030. The monoisotopic (exact) mass is 626 g/mol. The summed E-state index contributed by atoms with van der Waals surface area (Å²) in [4.78, 5) is 0. The van der Waals surface area contributed by atoms with Gasteiger partial charge in [-0.2, -0.15) is 9.36 Å². The van der Waals surface area contributed by atoms with Crippen molar-refractivity contribution in [2.24, 2.45) is 0 Å². The van der Waals surface area contributed by atoms with Gasteiger partial charge in [0.05, 0.1) is 33.8 Å². The standard InChI is InChI=1S/C38H30N10/c1-5-17-29(18-6-1)45-37(43-35-27-15-13-25-33(35)39-41-43)47(31-21-9-3-10-22-31)48(32-23-11-4-12-24-32)38(46(45)30-19-7-2-8-20-30)44-36-28-16-14-26-34(36)40-42-44/h1-28,37-38H. The second-order valence-electron chi connectivity index (χ2n) is 11.5. The van der Waals surface area contributed by atoms with E-state index in [1.54, 1.807) is 0 Å². The third-order valence-electron chi connectivity index (χ3n) is 8.61. The van der Waals surface area contributed by atoms with Gasteiger partial charge in [0.1, 0.15) is 11.0 Å². The van der Waals surface area contributed by atoms with Crippen LogP contribution in [0.15, 0.2) is 170 Å². The summed E-state index contributed by atoms with van der Waals surface area (Å²) in [5.74, 6) is 0. The van der Waals surface area contributed by atoms with Gasteiger partial charge < -0.3 is 0 Å². The second kappa shape index (κ2) is 11.6. The Kier molecular flexibility index (Phi) is 6.67. The third kappa shape index (κ3) is 4.50. The van der Waals surface area contributed by atoms with Gasteiger partial charge in [-0.15, -0.1) is 10.2 Å². The molecule has 0 unspecified atom stereocenters. The lowest BCUT2D eigenvalue weighted by Gasteiger charge is -2.60. The van der Waals surface area contributed by atoms with Gasteiger partial charge in [-0.05, 0) is 72.8 Å². The van der Waals surface area contributed by atoms with Crippen molar-refractivity contribution < 1.29 is 0 Å². The summed E-state index contributed by atoms with van der Waals surface area (Å²) in [5.41, 5.74) is 7.22. The molecule has 0 amide bonds. The summed E-state index contributed by atoms with van der Waals surface area (Å²) in [6, 6.07) is 57.8. The van der Waals surface area contributed by atoms with Crippen LogP contribution in [0.1, 0.15) is 12.6 Å². The molecule has 1 saturated heterocycles. The maximum Gasteiger partial charge on any atom is 0.238 e.